The van der Waals surface area contributed by atoms with Crippen LogP contribution in [0.5, 0.6) is 11.8 Å². The Kier molecular flexibility index (Phi) is 5.45. The molecule has 0 spiro atoms. The minimum absolute atomic E-state index is 0.0221. The van der Waals surface area contributed by atoms with Crippen LogP contribution in [0.25, 0.3) is 0 Å². The molecule has 0 radical (unpaired) electrons. The molecule has 6 nitrogen and oxygen atoms in total. The molecule has 1 N–H and O–H groups in total. The van der Waals surface area contributed by atoms with Crippen molar-refractivity contribution in [1.82, 2.24) is 20.3 Å². The fourth-order valence-electron chi connectivity index (χ4n) is 2.13. The predicted octanol–water partition coefficient (Wildman–Crippen LogP) is 1.78. The Bertz CT molecular complexity index is 560. The lowest BCUT2D eigenvalue weighted by Crippen LogP contribution is -2.24. The quantitative estimate of drug-likeness (QED) is 0.837. The number of methoxy groups -OCH3 is 2. The van der Waals surface area contributed by atoms with E-state index in [0.717, 1.165) is 24.2 Å². The minimum atomic E-state index is 0.0221. The standard InChI is InChI=1S/C15H20N4O2/c1-4-16-12(14-15(21-3)18-8-7-17-14)9-11-5-6-13(20-2)19-10-11/h5-8,10,12,16H,4,9H2,1-3H3. The van der Waals surface area contributed by atoms with E-state index in [2.05, 4.69) is 27.2 Å². The van der Waals surface area contributed by atoms with Crippen LogP contribution < -0.4 is 14.8 Å². The van der Waals surface area contributed by atoms with Crippen LogP contribution >= 0.6 is 0 Å². The molecule has 0 amide bonds. The normalized spacial score (nSPS) is 12.0. The van der Waals surface area contributed by atoms with Gasteiger partial charge in [-0.15, -0.1) is 0 Å². The van der Waals surface area contributed by atoms with Gasteiger partial charge in [0.2, 0.25) is 11.8 Å². The smallest absolute Gasteiger partial charge is 0.237 e. The Morgan fingerprint density at radius 1 is 1.10 bits per heavy atom. The van der Waals surface area contributed by atoms with Crippen LogP contribution in [0.15, 0.2) is 30.7 Å². The number of pyridine rings is 1. The van der Waals surface area contributed by atoms with Crippen LogP contribution in [0.1, 0.15) is 24.2 Å². The topological polar surface area (TPSA) is 69.2 Å². The number of ether oxygens (including phenoxy) is 2. The first kappa shape index (κ1) is 15.2. The lowest BCUT2D eigenvalue weighted by molar-refractivity contribution is 0.377. The summed E-state index contributed by atoms with van der Waals surface area (Å²) in [5.74, 6) is 1.15. The van der Waals surface area contributed by atoms with Crippen molar-refractivity contribution in [3.8, 4) is 11.8 Å². The molecule has 0 aromatic carbocycles. The zero-order valence-electron chi connectivity index (χ0n) is 12.5. The molecule has 0 aliphatic rings. The summed E-state index contributed by atoms with van der Waals surface area (Å²) in [5.41, 5.74) is 1.90. The summed E-state index contributed by atoms with van der Waals surface area (Å²) < 4.78 is 10.4. The summed E-state index contributed by atoms with van der Waals surface area (Å²) in [5, 5.41) is 3.41. The van der Waals surface area contributed by atoms with Gasteiger partial charge in [0, 0.05) is 24.7 Å². The Morgan fingerprint density at radius 3 is 2.52 bits per heavy atom. The minimum Gasteiger partial charge on any atom is -0.481 e. The van der Waals surface area contributed by atoms with Crippen molar-refractivity contribution in [1.29, 1.82) is 0 Å². The second kappa shape index (κ2) is 7.54. The van der Waals surface area contributed by atoms with E-state index in [0.29, 0.717) is 11.8 Å². The van der Waals surface area contributed by atoms with Crippen molar-refractivity contribution in [2.24, 2.45) is 0 Å². The average Bonchev–Trinajstić information content (AvgIpc) is 2.55. The molecule has 2 aromatic rings. The molecule has 2 aromatic heterocycles. The SMILES string of the molecule is CCNC(Cc1ccc(OC)nc1)c1nccnc1OC. The van der Waals surface area contributed by atoms with Gasteiger partial charge in [-0.05, 0) is 18.5 Å². The van der Waals surface area contributed by atoms with Crippen molar-refractivity contribution < 1.29 is 9.47 Å². The van der Waals surface area contributed by atoms with Gasteiger partial charge in [-0.1, -0.05) is 13.0 Å². The van der Waals surface area contributed by atoms with Gasteiger partial charge in [-0.3, -0.25) is 4.98 Å². The van der Waals surface area contributed by atoms with E-state index < -0.39 is 0 Å². The summed E-state index contributed by atoms with van der Waals surface area (Å²) in [6, 6.07) is 3.87. The van der Waals surface area contributed by atoms with E-state index in [9.17, 15) is 0 Å². The van der Waals surface area contributed by atoms with Crippen LogP contribution in [0, 0.1) is 0 Å². The zero-order chi connectivity index (χ0) is 15.1. The summed E-state index contributed by atoms with van der Waals surface area (Å²) in [7, 11) is 3.21. The van der Waals surface area contributed by atoms with E-state index in [-0.39, 0.29) is 6.04 Å². The van der Waals surface area contributed by atoms with E-state index in [4.69, 9.17) is 9.47 Å². The Morgan fingerprint density at radius 2 is 1.90 bits per heavy atom. The largest absolute Gasteiger partial charge is 0.481 e. The maximum Gasteiger partial charge on any atom is 0.237 e. The molecule has 2 rings (SSSR count). The van der Waals surface area contributed by atoms with Crippen LogP contribution in [0.4, 0.5) is 0 Å². The lowest BCUT2D eigenvalue weighted by atomic mass is 10.0. The highest BCUT2D eigenvalue weighted by molar-refractivity contribution is 5.25. The van der Waals surface area contributed by atoms with Gasteiger partial charge >= 0.3 is 0 Å². The third kappa shape index (κ3) is 3.88. The number of rotatable bonds is 7. The number of hydrogen-bond acceptors (Lipinski definition) is 6. The highest BCUT2D eigenvalue weighted by Crippen LogP contribution is 2.23. The highest BCUT2D eigenvalue weighted by atomic mass is 16.5. The van der Waals surface area contributed by atoms with Gasteiger partial charge in [0.05, 0.1) is 20.3 Å². The first-order valence-corrected chi connectivity index (χ1v) is 6.85. The molecule has 2 heterocycles. The van der Waals surface area contributed by atoms with Gasteiger partial charge in [0.25, 0.3) is 0 Å². The van der Waals surface area contributed by atoms with Gasteiger partial charge in [0.1, 0.15) is 5.69 Å². The molecule has 0 saturated heterocycles. The van der Waals surface area contributed by atoms with Crippen LogP contribution in [-0.2, 0) is 6.42 Å². The average molecular weight is 288 g/mol. The second-order valence-corrected chi connectivity index (χ2v) is 4.47. The molecule has 6 heteroatoms. The first-order chi connectivity index (χ1) is 10.3. The Balaban J connectivity index is 2.21. The van der Waals surface area contributed by atoms with Crippen molar-refractivity contribution in [2.75, 3.05) is 20.8 Å². The number of nitrogens with zero attached hydrogens (tertiary/aromatic N) is 3. The van der Waals surface area contributed by atoms with Crippen molar-refractivity contribution in [2.45, 2.75) is 19.4 Å². The van der Waals surface area contributed by atoms with Gasteiger partial charge < -0.3 is 14.8 Å². The van der Waals surface area contributed by atoms with E-state index >= 15 is 0 Å². The van der Waals surface area contributed by atoms with E-state index in [1.54, 1.807) is 26.6 Å². The molecule has 0 fully saturated rings. The Hall–Kier alpha value is -2.21. The number of likely N-dealkylation sites (N-methyl/N-ethyl adjacent to an activating group) is 1. The first-order valence-electron chi connectivity index (χ1n) is 6.85. The summed E-state index contributed by atoms with van der Waals surface area (Å²) >= 11 is 0. The van der Waals surface area contributed by atoms with Gasteiger partial charge in [-0.25, -0.2) is 9.97 Å². The molecular formula is C15H20N4O2. The molecule has 0 saturated carbocycles. The highest BCUT2D eigenvalue weighted by Gasteiger charge is 2.18. The summed E-state index contributed by atoms with van der Waals surface area (Å²) in [6.45, 7) is 2.89. The van der Waals surface area contributed by atoms with Gasteiger partial charge in [0.15, 0.2) is 0 Å². The van der Waals surface area contributed by atoms with Gasteiger partial charge in [-0.2, -0.15) is 0 Å². The molecule has 0 aliphatic carbocycles. The van der Waals surface area contributed by atoms with E-state index in [1.807, 2.05) is 18.3 Å². The predicted molar refractivity (Wildman–Crippen MR) is 79.5 cm³/mol. The molecule has 112 valence electrons. The second-order valence-electron chi connectivity index (χ2n) is 4.47. The third-order valence-electron chi connectivity index (χ3n) is 3.11. The molecular weight excluding hydrogens is 268 g/mol. The monoisotopic (exact) mass is 288 g/mol. The maximum atomic E-state index is 5.30. The van der Waals surface area contributed by atoms with Crippen LogP contribution in [0.3, 0.4) is 0 Å². The number of nitrogens with one attached hydrogen (secondary N) is 1. The maximum absolute atomic E-state index is 5.30. The fourth-order valence-corrected chi connectivity index (χ4v) is 2.13. The summed E-state index contributed by atoms with van der Waals surface area (Å²) in [4.78, 5) is 12.8. The molecule has 0 aliphatic heterocycles. The summed E-state index contributed by atoms with van der Waals surface area (Å²) in [6.07, 6.45) is 5.86. The van der Waals surface area contributed by atoms with Crippen LogP contribution in [-0.4, -0.2) is 35.7 Å². The van der Waals surface area contributed by atoms with Crippen LogP contribution in [0.2, 0.25) is 0 Å². The van der Waals surface area contributed by atoms with E-state index in [1.165, 1.54) is 0 Å². The molecule has 1 atom stereocenters. The molecule has 0 bridgehead atoms. The Labute approximate surface area is 124 Å². The third-order valence-corrected chi connectivity index (χ3v) is 3.11. The fraction of sp³-hybridized carbons (Fsp3) is 0.400. The molecule has 1 unspecified atom stereocenters. The van der Waals surface area contributed by atoms with Crippen molar-refractivity contribution in [3.05, 3.63) is 42.0 Å². The van der Waals surface area contributed by atoms with Crippen molar-refractivity contribution in [3.63, 3.8) is 0 Å². The number of aromatic nitrogens is 3. The number of hydrogen-bond donors (Lipinski definition) is 1. The molecule has 21 heavy (non-hydrogen) atoms. The van der Waals surface area contributed by atoms with Crippen molar-refractivity contribution >= 4 is 0 Å². The lowest BCUT2D eigenvalue weighted by Gasteiger charge is -2.18. The zero-order valence-corrected chi connectivity index (χ0v) is 12.5.